The van der Waals surface area contributed by atoms with Crippen molar-refractivity contribution in [2.75, 3.05) is 14.2 Å². The van der Waals surface area contributed by atoms with Crippen molar-refractivity contribution in [1.29, 1.82) is 0 Å². The third kappa shape index (κ3) is 3.47. The summed E-state index contributed by atoms with van der Waals surface area (Å²) >= 11 is 0. The molecule has 22 heavy (non-hydrogen) atoms. The van der Waals surface area contributed by atoms with Gasteiger partial charge in [0.15, 0.2) is 11.5 Å². The monoisotopic (exact) mass is 298 g/mol. The molecule has 0 bridgehead atoms. The summed E-state index contributed by atoms with van der Waals surface area (Å²) in [6, 6.07) is 13.4. The van der Waals surface area contributed by atoms with Crippen LogP contribution in [0.3, 0.4) is 0 Å². The van der Waals surface area contributed by atoms with Gasteiger partial charge in [-0.2, -0.15) is 0 Å². The summed E-state index contributed by atoms with van der Waals surface area (Å²) in [6.45, 7) is 1.78. The maximum absolute atomic E-state index is 10.8. The van der Waals surface area contributed by atoms with Crippen LogP contribution in [0.4, 0.5) is 0 Å². The Bertz CT molecular complexity index is 717. The number of carboxylic acids is 1. The lowest BCUT2D eigenvalue weighted by molar-refractivity contribution is -0.131. The lowest BCUT2D eigenvalue weighted by Gasteiger charge is -2.10. The lowest BCUT2D eigenvalue weighted by Crippen LogP contribution is -1.92. The van der Waals surface area contributed by atoms with Gasteiger partial charge in [0, 0.05) is 6.08 Å². The van der Waals surface area contributed by atoms with E-state index in [-0.39, 0.29) is 0 Å². The van der Waals surface area contributed by atoms with Crippen LogP contribution in [-0.2, 0) is 4.79 Å². The number of methoxy groups -OCH3 is 2. The molecule has 4 heteroatoms. The van der Waals surface area contributed by atoms with Crippen LogP contribution in [0.1, 0.15) is 12.5 Å². The van der Waals surface area contributed by atoms with Gasteiger partial charge in [-0.15, -0.1) is 0 Å². The standard InChI is InChI=1S/C18H18O4/c1-12(9-18(19)20)13-5-4-6-14(10-13)15-7-8-16(21-2)17(11-15)22-3/h4-11H,1-3H3,(H,19,20)/b12-9+. The van der Waals surface area contributed by atoms with Gasteiger partial charge in [-0.25, -0.2) is 4.79 Å². The molecule has 2 aromatic carbocycles. The second-order valence-electron chi connectivity index (χ2n) is 4.82. The summed E-state index contributed by atoms with van der Waals surface area (Å²) < 4.78 is 10.5. The number of hydrogen-bond donors (Lipinski definition) is 1. The second-order valence-corrected chi connectivity index (χ2v) is 4.82. The van der Waals surface area contributed by atoms with Crippen LogP contribution < -0.4 is 9.47 Å². The van der Waals surface area contributed by atoms with E-state index in [0.717, 1.165) is 16.7 Å². The molecule has 0 aliphatic carbocycles. The number of ether oxygens (including phenoxy) is 2. The van der Waals surface area contributed by atoms with Gasteiger partial charge in [0.25, 0.3) is 0 Å². The molecule has 0 radical (unpaired) electrons. The number of carbonyl (C=O) groups is 1. The number of benzene rings is 2. The number of aliphatic carboxylic acids is 1. The Balaban J connectivity index is 2.44. The zero-order chi connectivity index (χ0) is 16.1. The van der Waals surface area contributed by atoms with Crippen LogP contribution in [0, 0.1) is 0 Å². The molecule has 2 aromatic rings. The summed E-state index contributed by atoms with van der Waals surface area (Å²) in [4.78, 5) is 10.8. The lowest BCUT2D eigenvalue weighted by atomic mass is 9.99. The smallest absolute Gasteiger partial charge is 0.328 e. The maximum Gasteiger partial charge on any atom is 0.328 e. The van der Waals surface area contributed by atoms with Gasteiger partial charge in [-0.05, 0) is 47.4 Å². The highest BCUT2D eigenvalue weighted by molar-refractivity contribution is 5.90. The van der Waals surface area contributed by atoms with Gasteiger partial charge >= 0.3 is 5.97 Å². The SMILES string of the molecule is COc1ccc(-c2cccc(/C(C)=C/C(=O)O)c2)cc1OC. The minimum Gasteiger partial charge on any atom is -0.493 e. The van der Waals surface area contributed by atoms with Crippen molar-refractivity contribution < 1.29 is 19.4 Å². The summed E-state index contributed by atoms with van der Waals surface area (Å²) in [5.74, 6) is 0.376. The van der Waals surface area contributed by atoms with Crippen molar-refractivity contribution in [3.8, 4) is 22.6 Å². The van der Waals surface area contributed by atoms with E-state index in [4.69, 9.17) is 14.6 Å². The second kappa shape index (κ2) is 6.80. The van der Waals surface area contributed by atoms with E-state index in [9.17, 15) is 4.79 Å². The average Bonchev–Trinajstić information content (AvgIpc) is 2.53. The highest BCUT2D eigenvalue weighted by atomic mass is 16.5. The summed E-state index contributed by atoms with van der Waals surface area (Å²) in [5, 5.41) is 8.85. The predicted octanol–water partition coefficient (Wildman–Crippen LogP) is 3.86. The van der Waals surface area contributed by atoms with Crippen LogP contribution >= 0.6 is 0 Å². The molecule has 0 spiro atoms. The molecule has 0 amide bonds. The molecule has 0 aliphatic rings. The van der Waals surface area contributed by atoms with Crippen molar-refractivity contribution in [1.82, 2.24) is 0 Å². The third-order valence-corrected chi connectivity index (χ3v) is 3.37. The molecule has 0 unspecified atom stereocenters. The number of carboxylic acid groups (broad SMARTS) is 1. The molecule has 4 nitrogen and oxygen atoms in total. The Labute approximate surface area is 129 Å². The van der Waals surface area contributed by atoms with E-state index in [2.05, 4.69) is 0 Å². The minimum atomic E-state index is -0.950. The van der Waals surface area contributed by atoms with Crippen LogP contribution in [0.2, 0.25) is 0 Å². The topological polar surface area (TPSA) is 55.8 Å². The Morgan fingerprint density at radius 3 is 2.32 bits per heavy atom. The normalized spacial score (nSPS) is 11.1. The maximum atomic E-state index is 10.8. The highest BCUT2D eigenvalue weighted by Crippen LogP contribution is 2.33. The van der Waals surface area contributed by atoms with Crippen molar-refractivity contribution >= 4 is 11.5 Å². The molecular weight excluding hydrogens is 280 g/mol. The van der Waals surface area contributed by atoms with Gasteiger partial charge in [-0.1, -0.05) is 24.3 Å². The van der Waals surface area contributed by atoms with Crippen LogP contribution in [0.25, 0.3) is 16.7 Å². The van der Waals surface area contributed by atoms with Gasteiger partial charge < -0.3 is 14.6 Å². The Hall–Kier alpha value is -2.75. The molecule has 0 saturated carbocycles. The van der Waals surface area contributed by atoms with E-state index in [1.165, 1.54) is 6.08 Å². The zero-order valence-corrected chi connectivity index (χ0v) is 12.8. The molecule has 114 valence electrons. The fourth-order valence-electron chi connectivity index (χ4n) is 2.23. The minimum absolute atomic E-state index is 0.656. The summed E-state index contributed by atoms with van der Waals surface area (Å²) in [5.41, 5.74) is 3.53. The first kappa shape index (κ1) is 15.6. The number of rotatable bonds is 5. The van der Waals surface area contributed by atoms with Crippen LogP contribution in [0.15, 0.2) is 48.5 Å². The van der Waals surface area contributed by atoms with Crippen molar-refractivity contribution in [2.24, 2.45) is 0 Å². The van der Waals surface area contributed by atoms with Gasteiger partial charge in [0.05, 0.1) is 14.2 Å². The average molecular weight is 298 g/mol. The highest BCUT2D eigenvalue weighted by Gasteiger charge is 2.07. The van der Waals surface area contributed by atoms with E-state index in [1.807, 2.05) is 42.5 Å². The molecule has 0 saturated heterocycles. The molecule has 0 aliphatic heterocycles. The fourth-order valence-corrected chi connectivity index (χ4v) is 2.23. The quantitative estimate of drug-likeness (QED) is 0.852. The third-order valence-electron chi connectivity index (χ3n) is 3.37. The van der Waals surface area contributed by atoms with Gasteiger partial charge in [0.1, 0.15) is 0 Å². The van der Waals surface area contributed by atoms with Gasteiger partial charge in [-0.3, -0.25) is 0 Å². The van der Waals surface area contributed by atoms with Crippen LogP contribution in [-0.4, -0.2) is 25.3 Å². The molecule has 2 rings (SSSR count). The number of allylic oxidation sites excluding steroid dienone is 1. The van der Waals surface area contributed by atoms with Gasteiger partial charge in [0.2, 0.25) is 0 Å². The fraction of sp³-hybridized carbons (Fsp3) is 0.167. The van der Waals surface area contributed by atoms with Crippen molar-refractivity contribution in [3.63, 3.8) is 0 Å². The van der Waals surface area contributed by atoms with E-state index in [1.54, 1.807) is 21.1 Å². The number of hydrogen-bond acceptors (Lipinski definition) is 3. The van der Waals surface area contributed by atoms with E-state index in [0.29, 0.717) is 17.1 Å². The first-order valence-electron chi connectivity index (χ1n) is 6.79. The Kier molecular flexibility index (Phi) is 4.84. The first-order valence-corrected chi connectivity index (χ1v) is 6.79. The molecule has 0 aromatic heterocycles. The summed E-state index contributed by atoms with van der Waals surface area (Å²) in [6.07, 6.45) is 1.20. The van der Waals surface area contributed by atoms with E-state index >= 15 is 0 Å². The predicted molar refractivity (Wildman–Crippen MR) is 86.3 cm³/mol. The molecule has 0 heterocycles. The Morgan fingerprint density at radius 2 is 1.68 bits per heavy atom. The largest absolute Gasteiger partial charge is 0.493 e. The van der Waals surface area contributed by atoms with E-state index < -0.39 is 5.97 Å². The zero-order valence-electron chi connectivity index (χ0n) is 12.8. The Morgan fingerprint density at radius 1 is 1.00 bits per heavy atom. The molecule has 0 atom stereocenters. The van der Waals surface area contributed by atoms with Crippen molar-refractivity contribution in [3.05, 3.63) is 54.1 Å². The molecule has 1 N–H and O–H groups in total. The van der Waals surface area contributed by atoms with Crippen LogP contribution in [0.5, 0.6) is 11.5 Å². The molecular formula is C18H18O4. The first-order chi connectivity index (χ1) is 10.5. The summed E-state index contributed by atoms with van der Waals surface area (Å²) in [7, 11) is 3.19. The molecule has 0 fully saturated rings. The van der Waals surface area contributed by atoms with Crippen molar-refractivity contribution in [2.45, 2.75) is 6.92 Å².